The number of fused-ring (bicyclic) bond motifs is 9. The molecular formula is C38H39ClFN7O3. The van der Waals surface area contributed by atoms with Crippen LogP contribution < -0.4 is 20.7 Å². The van der Waals surface area contributed by atoms with Crippen molar-refractivity contribution in [2.45, 2.75) is 57.7 Å². The predicted octanol–water partition coefficient (Wildman–Crippen LogP) is 5.75. The normalized spacial score (nSPS) is 20.0. The third-order valence-corrected chi connectivity index (χ3v) is 10.8. The van der Waals surface area contributed by atoms with Crippen LogP contribution in [0.2, 0.25) is 5.02 Å². The minimum Gasteiger partial charge on any atom is -0.508 e. The lowest BCUT2D eigenvalue weighted by molar-refractivity contribution is -0.121. The van der Waals surface area contributed by atoms with Gasteiger partial charge in [0, 0.05) is 65.5 Å². The second kappa shape index (κ2) is 12.0. The zero-order valence-corrected chi connectivity index (χ0v) is 29.4. The summed E-state index contributed by atoms with van der Waals surface area (Å²) in [6, 6.07) is 9.58. The molecule has 2 fully saturated rings. The number of aromatic nitrogens is 3. The van der Waals surface area contributed by atoms with Gasteiger partial charge in [-0.25, -0.2) is 4.39 Å². The van der Waals surface area contributed by atoms with Crippen molar-refractivity contribution in [1.82, 2.24) is 24.8 Å². The Bertz CT molecular complexity index is 2290. The zero-order valence-electron chi connectivity index (χ0n) is 28.7. The Balaban J connectivity index is 1.53. The molecule has 3 aromatic heterocycles. The molecule has 8 rings (SSSR count). The number of pyridine rings is 3. The Kier molecular flexibility index (Phi) is 7.85. The number of likely N-dealkylation sites (N-methyl/N-ethyl adjacent to an activating group) is 1. The van der Waals surface area contributed by atoms with Crippen LogP contribution in [0.5, 0.6) is 5.75 Å². The maximum Gasteiger partial charge on any atom is 0.281 e. The lowest BCUT2D eigenvalue weighted by atomic mass is 9.95. The summed E-state index contributed by atoms with van der Waals surface area (Å²) >= 11 is 6.70. The van der Waals surface area contributed by atoms with Gasteiger partial charge < -0.3 is 25.1 Å². The average molecular weight is 696 g/mol. The highest BCUT2D eigenvalue weighted by molar-refractivity contribution is 6.36. The van der Waals surface area contributed by atoms with Gasteiger partial charge in [-0.1, -0.05) is 37.6 Å². The van der Waals surface area contributed by atoms with Crippen molar-refractivity contribution in [3.8, 4) is 22.7 Å². The Morgan fingerprint density at radius 2 is 1.90 bits per heavy atom. The number of piperazine rings is 1. The quantitative estimate of drug-likeness (QED) is 0.232. The van der Waals surface area contributed by atoms with Crippen LogP contribution in [0, 0.1) is 12.7 Å². The minimum absolute atomic E-state index is 0.0341. The molecule has 6 heterocycles. The second-order valence-corrected chi connectivity index (χ2v) is 14.7. The number of phenols is 1. The number of hydrogen-bond donors (Lipinski definition) is 2. The topological polar surface area (TPSA) is 107 Å². The summed E-state index contributed by atoms with van der Waals surface area (Å²) in [5, 5.41) is 16.3. The van der Waals surface area contributed by atoms with Gasteiger partial charge in [-0.2, -0.15) is 0 Å². The average Bonchev–Trinajstić information content (AvgIpc) is 3.44. The van der Waals surface area contributed by atoms with Crippen molar-refractivity contribution >= 4 is 50.6 Å². The van der Waals surface area contributed by atoms with E-state index in [9.17, 15) is 9.90 Å². The van der Waals surface area contributed by atoms with Crippen molar-refractivity contribution in [3.05, 3.63) is 81.2 Å². The van der Waals surface area contributed by atoms with Crippen LogP contribution in [0.15, 0.2) is 53.6 Å². The van der Waals surface area contributed by atoms with E-state index in [1.54, 1.807) is 47.6 Å². The van der Waals surface area contributed by atoms with Crippen LogP contribution in [0.3, 0.4) is 0 Å². The molecule has 1 amide bonds. The molecule has 2 N–H and O–H groups in total. The molecule has 2 aromatic carbocycles. The van der Waals surface area contributed by atoms with E-state index in [1.165, 1.54) is 10.6 Å². The number of halogens is 2. The molecule has 0 saturated carbocycles. The number of hydrogen-bond acceptors (Lipinski definition) is 8. The summed E-state index contributed by atoms with van der Waals surface area (Å²) in [6.45, 7) is 7.15. The van der Waals surface area contributed by atoms with E-state index in [4.69, 9.17) is 16.6 Å². The molecule has 3 unspecified atom stereocenters. The highest BCUT2D eigenvalue weighted by Gasteiger charge is 2.51. The highest BCUT2D eigenvalue weighted by atomic mass is 35.5. The molecular weight excluding hydrogens is 657 g/mol. The fourth-order valence-corrected chi connectivity index (χ4v) is 8.50. The number of phenolic OH excluding ortho intramolecular Hbond substituents is 1. The van der Waals surface area contributed by atoms with E-state index < -0.39 is 17.4 Å². The zero-order chi connectivity index (χ0) is 35.2. The lowest BCUT2D eigenvalue weighted by Gasteiger charge is -2.48. The van der Waals surface area contributed by atoms with Gasteiger partial charge in [-0.3, -0.25) is 24.1 Å². The highest BCUT2D eigenvalue weighted by Crippen LogP contribution is 2.46. The molecule has 3 atom stereocenters. The number of aryl methyl sites for hydroxylation is 1. The van der Waals surface area contributed by atoms with E-state index in [1.807, 2.05) is 44.7 Å². The molecule has 5 aromatic rings. The number of anilines is 2. The molecule has 3 aliphatic rings. The Morgan fingerprint density at radius 3 is 2.66 bits per heavy atom. The monoisotopic (exact) mass is 695 g/mol. The predicted molar refractivity (Wildman–Crippen MR) is 196 cm³/mol. The molecule has 2 saturated heterocycles. The number of nitrogens with one attached hydrogen (secondary N) is 1. The SMILES string of the molecule is Cc1ccnc(C(C)C)c1-n1c(=O)c2c(c3cnc(-c4cc(O)cc5cccc(Cl)c45)c(F)c31)N1CC3CCC(N3)C1C(=O)N2CCN(C)C. The van der Waals surface area contributed by atoms with Crippen LogP contribution in [-0.2, 0) is 4.79 Å². The Morgan fingerprint density at radius 1 is 1.10 bits per heavy atom. The van der Waals surface area contributed by atoms with Crippen LogP contribution in [-0.4, -0.2) is 82.3 Å². The van der Waals surface area contributed by atoms with Gasteiger partial charge in [-0.05, 0) is 75.0 Å². The number of benzene rings is 2. The fourth-order valence-electron chi connectivity index (χ4n) is 8.22. The second-order valence-electron chi connectivity index (χ2n) is 14.3. The molecule has 3 aliphatic heterocycles. The lowest BCUT2D eigenvalue weighted by Crippen LogP contribution is -2.67. The van der Waals surface area contributed by atoms with Gasteiger partial charge in [0.25, 0.3) is 11.5 Å². The first-order valence-corrected chi connectivity index (χ1v) is 17.5. The van der Waals surface area contributed by atoms with E-state index in [0.29, 0.717) is 56.9 Å². The maximum atomic E-state index is 17.8. The molecule has 0 spiro atoms. The van der Waals surface area contributed by atoms with Crippen molar-refractivity contribution in [2.75, 3.05) is 43.5 Å². The largest absolute Gasteiger partial charge is 0.508 e. The molecule has 0 radical (unpaired) electrons. The molecule has 2 bridgehead atoms. The van der Waals surface area contributed by atoms with Crippen molar-refractivity contribution in [3.63, 3.8) is 0 Å². The van der Waals surface area contributed by atoms with Crippen LogP contribution in [0.1, 0.15) is 43.9 Å². The first-order valence-electron chi connectivity index (χ1n) is 17.1. The van der Waals surface area contributed by atoms with Gasteiger partial charge >= 0.3 is 0 Å². The van der Waals surface area contributed by atoms with E-state index >= 15 is 9.18 Å². The van der Waals surface area contributed by atoms with Crippen molar-refractivity contribution < 1.29 is 14.3 Å². The summed E-state index contributed by atoms with van der Waals surface area (Å²) in [5.74, 6) is -1.06. The van der Waals surface area contributed by atoms with Gasteiger partial charge in [0.15, 0.2) is 5.82 Å². The number of amides is 1. The van der Waals surface area contributed by atoms with E-state index in [2.05, 4.69) is 10.3 Å². The van der Waals surface area contributed by atoms with Crippen LogP contribution >= 0.6 is 11.6 Å². The fraction of sp³-hybridized carbons (Fsp3) is 0.368. The van der Waals surface area contributed by atoms with Crippen molar-refractivity contribution in [2.24, 2.45) is 0 Å². The van der Waals surface area contributed by atoms with E-state index in [-0.39, 0.29) is 53.1 Å². The molecule has 0 aliphatic carbocycles. The van der Waals surface area contributed by atoms with Crippen molar-refractivity contribution in [1.29, 1.82) is 0 Å². The summed E-state index contributed by atoms with van der Waals surface area (Å²) in [7, 11) is 3.85. The standard InChI is InChI=1S/C38H39ClFN7O3/c1-19(2)30-32(20(3)11-12-41-30)47-33-25(17-42-31(29(33)40)24-16-23(48)15-21-7-6-8-26(39)28(21)24)34-36(38(47)50)45(14-13-44(4)5)37(49)35-27-10-9-22(43-27)18-46(34)35/h6-8,11-12,15-17,19,22,27,35,43,48H,9-10,13-14,18H2,1-5H3. The maximum absolute atomic E-state index is 17.8. The smallest absolute Gasteiger partial charge is 0.281 e. The Hall–Kier alpha value is -4.58. The summed E-state index contributed by atoms with van der Waals surface area (Å²) in [5.41, 5.74) is 2.34. The molecule has 258 valence electrons. The van der Waals surface area contributed by atoms with Gasteiger partial charge in [0.05, 0.1) is 22.6 Å². The third-order valence-electron chi connectivity index (χ3n) is 10.4. The molecule has 12 heteroatoms. The minimum atomic E-state index is -0.737. The molecule has 50 heavy (non-hydrogen) atoms. The number of carbonyl (C=O) groups excluding carboxylic acids is 1. The van der Waals surface area contributed by atoms with Crippen LogP contribution in [0.25, 0.3) is 38.6 Å². The number of nitrogens with zero attached hydrogens (tertiary/aromatic N) is 6. The molecule has 10 nitrogen and oxygen atoms in total. The first kappa shape index (κ1) is 32.6. The third kappa shape index (κ3) is 4.89. The van der Waals surface area contributed by atoms with Gasteiger partial charge in [-0.15, -0.1) is 0 Å². The number of aromatic hydroxyl groups is 1. The summed E-state index contributed by atoms with van der Waals surface area (Å²) < 4.78 is 19.2. The summed E-state index contributed by atoms with van der Waals surface area (Å²) in [6.07, 6.45) is 5.04. The number of carbonyl (C=O) groups is 1. The van der Waals surface area contributed by atoms with E-state index in [0.717, 1.165) is 18.4 Å². The Labute approximate surface area is 294 Å². The van der Waals surface area contributed by atoms with Gasteiger partial charge in [0.1, 0.15) is 23.2 Å². The van der Waals surface area contributed by atoms with Gasteiger partial charge in [0.2, 0.25) is 0 Å². The first-order chi connectivity index (χ1) is 24.0. The van der Waals surface area contributed by atoms with Crippen LogP contribution in [0.4, 0.5) is 15.8 Å². The summed E-state index contributed by atoms with van der Waals surface area (Å²) in [4.78, 5) is 44.9. The number of rotatable bonds is 6.